The molecule has 0 amide bonds. The minimum absolute atomic E-state index is 0.284. The molecule has 0 atom stereocenters. The Morgan fingerprint density at radius 2 is 0.651 bits per heavy atom. The van der Waals surface area contributed by atoms with E-state index in [0.29, 0.717) is 16.9 Å². The van der Waals surface area contributed by atoms with E-state index in [0.717, 1.165) is 92.3 Å². The van der Waals surface area contributed by atoms with Gasteiger partial charge in [-0.25, -0.2) is 4.85 Å². The second-order valence-electron chi connectivity index (χ2n) is 21.5. The Morgan fingerprint density at radius 3 is 1.06 bits per heavy atom. The second-order valence-corrected chi connectivity index (χ2v) is 25.7. The van der Waals surface area contributed by atoms with Gasteiger partial charge in [-0.05, 0) is 60.7 Å². The van der Waals surface area contributed by atoms with Crippen LogP contribution in [0.5, 0.6) is 0 Å². The SMILES string of the molecule is [C-]#[N+]c1c(C#N)c(-n2c3ccccc3c3c4sc5ccccc5c4ccc32)c(-c2cccc3c2sc2ccccc23)c(-n2c3ccccc3c3c4sc5ccccc5c4ccc32)c1-n1c2ccccc2c2c3sc4ccccc4c3ccc21. The Balaban J connectivity index is 1.11. The summed E-state index contributed by atoms with van der Waals surface area (Å²) in [6, 6.07) is 84.2. The van der Waals surface area contributed by atoms with Gasteiger partial charge < -0.3 is 13.7 Å². The smallest absolute Gasteiger partial charge is 0.232 e. The summed E-state index contributed by atoms with van der Waals surface area (Å²) in [5.41, 5.74) is 10.5. The van der Waals surface area contributed by atoms with Crippen molar-refractivity contribution in [2.45, 2.75) is 0 Å². The summed E-state index contributed by atoms with van der Waals surface area (Å²) in [5.74, 6) is 0. The van der Waals surface area contributed by atoms with Gasteiger partial charge in [-0.3, -0.25) is 0 Å². The van der Waals surface area contributed by atoms with Crippen LogP contribution in [0.25, 0.3) is 179 Å². The number of para-hydroxylation sites is 3. The third-order valence-electron chi connectivity index (χ3n) is 17.5. The lowest BCUT2D eigenvalue weighted by atomic mass is 9.92. The minimum Gasteiger partial charge on any atom is -0.317 e. The quantitative estimate of drug-likeness (QED) is 0.162. The maximum absolute atomic E-state index is 12.5. The second kappa shape index (κ2) is 16.7. The van der Waals surface area contributed by atoms with E-state index in [1.54, 1.807) is 11.3 Å². The number of hydrogen-bond donors (Lipinski definition) is 0. The average Bonchev–Trinajstić information content (AvgIpc) is 2.04. The highest BCUT2D eigenvalue weighted by Crippen LogP contribution is 2.56. The van der Waals surface area contributed by atoms with Gasteiger partial charge in [-0.1, -0.05) is 164 Å². The third kappa shape index (κ3) is 5.91. The molecule has 382 valence electrons. The van der Waals surface area contributed by atoms with E-state index in [1.807, 2.05) is 34.0 Å². The van der Waals surface area contributed by atoms with E-state index in [2.05, 4.69) is 244 Å². The van der Waals surface area contributed by atoms with Gasteiger partial charge >= 0.3 is 0 Å². The number of fused-ring (bicyclic) bond motifs is 24. The molecule has 0 aliphatic heterocycles. The molecule has 7 aromatic heterocycles. The van der Waals surface area contributed by atoms with Gasteiger partial charge in [0, 0.05) is 124 Å². The topological polar surface area (TPSA) is 42.9 Å². The van der Waals surface area contributed by atoms with E-state index >= 15 is 0 Å². The van der Waals surface area contributed by atoms with Crippen LogP contribution in [0, 0.1) is 17.9 Å². The average molecular weight is 1120 g/mol. The monoisotopic (exact) mass is 1120 g/mol. The minimum atomic E-state index is 0.284. The number of nitrogens with zero attached hydrogens (tertiary/aromatic N) is 5. The summed E-state index contributed by atoms with van der Waals surface area (Å²) in [5, 5.41) is 28.9. The van der Waals surface area contributed by atoms with Crippen molar-refractivity contribution in [2.75, 3.05) is 0 Å². The van der Waals surface area contributed by atoms with Crippen molar-refractivity contribution in [3.63, 3.8) is 0 Å². The summed E-state index contributed by atoms with van der Waals surface area (Å²) in [4.78, 5) is 4.75. The molecule has 19 aromatic rings. The fraction of sp³-hybridized carbons (Fsp3) is 0. The number of thiophene rings is 4. The number of hydrogen-bond acceptors (Lipinski definition) is 5. The van der Waals surface area contributed by atoms with Gasteiger partial charge in [-0.2, -0.15) is 5.26 Å². The first kappa shape index (κ1) is 45.6. The fourth-order valence-electron chi connectivity index (χ4n) is 14.2. The van der Waals surface area contributed by atoms with Crippen molar-refractivity contribution < 1.29 is 0 Å². The van der Waals surface area contributed by atoms with Crippen molar-refractivity contribution >= 4 is 197 Å². The Hall–Kier alpha value is -10.1. The number of nitriles is 1. The van der Waals surface area contributed by atoms with Crippen molar-refractivity contribution in [3.8, 4) is 34.3 Å². The Morgan fingerprint density at radius 1 is 0.313 bits per heavy atom. The molecule has 0 spiro atoms. The van der Waals surface area contributed by atoms with Gasteiger partial charge in [0.05, 0.1) is 68.4 Å². The first-order valence-electron chi connectivity index (χ1n) is 27.6. The van der Waals surface area contributed by atoms with Gasteiger partial charge in [-0.15, -0.1) is 45.3 Å². The zero-order valence-electron chi connectivity index (χ0n) is 43.7. The zero-order chi connectivity index (χ0) is 54.3. The molecule has 0 bridgehead atoms. The van der Waals surface area contributed by atoms with Crippen molar-refractivity contribution in [1.82, 2.24) is 13.7 Å². The van der Waals surface area contributed by atoms with Crippen molar-refractivity contribution in [1.29, 1.82) is 5.26 Å². The molecule has 83 heavy (non-hydrogen) atoms. The van der Waals surface area contributed by atoms with Crippen LogP contribution in [-0.4, -0.2) is 13.7 Å². The maximum atomic E-state index is 12.5. The van der Waals surface area contributed by atoms with Crippen LogP contribution >= 0.6 is 45.3 Å². The first-order chi connectivity index (χ1) is 41.1. The van der Waals surface area contributed by atoms with Crippen molar-refractivity contribution in [3.05, 3.63) is 241 Å². The van der Waals surface area contributed by atoms with Crippen molar-refractivity contribution in [2.24, 2.45) is 0 Å². The van der Waals surface area contributed by atoms with E-state index in [9.17, 15) is 11.8 Å². The molecule has 0 aliphatic carbocycles. The number of benzene rings is 12. The molecule has 0 radical (unpaired) electrons. The van der Waals surface area contributed by atoms with Crippen LogP contribution in [0.2, 0.25) is 0 Å². The normalized spacial score (nSPS) is 12.3. The molecule has 0 aliphatic rings. The summed E-state index contributed by atoms with van der Waals surface area (Å²) in [6.45, 7) is 9.82. The molecule has 12 aromatic carbocycles. The molecule has 0 fully saturated rings. The first-order valence-corrected chi connectivity index (χ1v) is 30.8. The van der Waals surface area contributed by atoms with Gasteiger partial charge in [0.25, 0.3) is 0 Å². The van der Waals surface area contributed by atoms with Crippen LogP contribution in [0.15, 0.2) is 224 Å². The maximum Gasteiger partial charge on any atom is 0.232 e. The predicted octanol–water partition coefficient (Wildman–Crippen LogP) is 22.5. The summed E-state index contributed by atoms with van der Waals surface area (Å²) in [6.07, 6.45) is 0. The standard InChI is InChI=1S/C74H37N5S4/c1-76-67-52(39-75)68(77-53-26-9-2-21-48(53)63-56(77)36-33-45-41-18-6-13-30-60(41)81-72(45)63)66(51-25-16-24-44-40-17-5-12-29-59(40)80-71(44)51)69(78-54-27-10-3-22-49(54)64-57(78)37-34-46-42-19-7-14-31-61(42)82-73(46)64)70(67)79-55-28-11-4-23-50(55)65-58(79)38-35-47-43-20-8-15-32-62(43)83-74(47)65/h2-38H. The van der Waals surface area contributed by atoms with Gasteiger partial charge in [0.15, 0.2) is 0 Å². The van der Waals surface area contributed by atoms with E-state index in [1.165, 1.54) is 70.6 Å². The Bertz CT molecular complexity index is 6230. The highest BCUT2D eigenvalue weighted by atomic mass is 32.1. The van der Waals surface area contributed by atoms with E-state index in [-0.39, 0.29) is 5.69 Å². The largest absolute Gasteiger partial charge is 0.317 e. The lowest BCUT2D eigenvalue weighted by Gasteiger charge is -2.27. The van der Waals surface area contributed by atoms with Crippen LogP contribution in [0.1, 0.15) is 5.56 Å². The molecule has 0 N–H and O–H groups in total. The number of aromatic nitrogens is 3. The lowest BCUT2D eigenvalue weighted by molar-refractivity contribution is 1.08. The fourth-order valence-corrected chi connectivity index (χ4v) is 19.2. The Labute approximate surface area is 488 Å². The molecule has 7 heterocycles. The molecular weight excluding hydrogens is 1090 g/mol. The molecular formula is C74H37N5S4. The molecule has 9 heteroatoms. The van der Waals surface area contributed by atoms with Crippen LogP contribution < -0.4 is 0 Å². The predicted molar refractivity (Wildman–Crippen MR) is 357 cm³/mol. The molecule has 0 saturated heterocycles. The summed E-state index contributed by atoms with van der Waals surface area (Å²) >= 11 is 7.26. The van der Waals surface area contributed by atoms with Crippen LogP contribution in [-0.2, 0) is 0 Å². The molecule has 19 rings (SSSR count). The lowest BCUT2D eigenvalue weighted by Crippen LogP contribution is -2.12. The Kier molecular flexibility index (Phi) is 9.20. The molecule has 5 nitrogen and oxygen atoms in total. The summed E-state index contributed by atoms with van der Waals surface area (Å²) in [7, 11) is 0. The molecule has 0 unspecified atom stereocenters. The van der Waals surface area contributed by atoms with E-state index < -0.39 is 0 Å². The van der Waals surface area contributed by atoms with Crippen LogP contribution in [0.4, 0.5) is 5.69 Å². The zero-order valence-corrected chi connectivity index (χ0v) is 47.0. The van der Waals surface area contributed by atoms with Crippen LogP contribution in [0.3, 0.4) is 0 Å². The van der Waals surface area contributed by atoms with E-state index in [4.69, 9.17) is 4.85 Å². The van der Waals surface area contributed by atoms with Gasteiger partial charge in [0.2, 0.25) is 5.69 Å². The van der Waals surface area contributed by atoms with Gasteiger partial charge in [0.1, 0.15) is 0 Å². The third-order valence-corrected chi connectivity index (χ3v) is 22.3. The highest BCUT2D eigenvalue weighted by Gasteiger charge is 2.35. The number of rotatable bonds is 4. The molecule has 0 saturated carbocycles. The highest BCUT2D eigenvalue weighted by molar-refractivity contribution is 7.28. The summed E-state index contributed by atoms with van der Waals surface area (Å²) < 4.78 is 16.7.